The van der Waals surface area contributed by atoms with E-state index in [0.717, 1.165) is 6.54 Å². The summed E-state index contributed by atoms with van der Waals surface area (Å²) in [7, 11) is 0. The second-order valence-corrected chi connectivity index (χ2v) is 5.88. The third-order valence-electron chi connectivity index (χ3n) is 3.29. The average molecular weight is 362 g/mol. The van der Waals surface area contributed by atoms with Crippen molar-refractivity contribution in [1.29, 1.82) is 0 Å². The van der Waals surface area contributed by atoms with Crippen LogP contribution in [0, 0.1) is 10.5 Å². The molecule has 0 aliphatic heterocycles. The highest BCUT2D eigenvalue weighted by Gasteiger charge is 1.99. The first-order valence-electron chi connectivity index (χ1n) is 6.28. The van der Waals surface area contributed by atoms with E-state index in [1.54, 1.807) is 0 Å². The average Bonchev–Trinajstić information content (AvgIpc) is 2.87. The van der Waals surface area contributed by atoms with Crippen molar-refractivity contribution in [3.8, 4) is 0 Å². The Hall–Kier alpha value is -1.49. The topological polar surface area (TPSA) is 27.8 Å². The minimum absolute atomic E-state index is 0.847. The van der Waals surface area contributed by atoms with Gasteiger partial charge in [-0.3, -0.25) is 0 Å². The standard InChI is InChI=1S/C16H15IN2/c1-11-2-4-14(9-15(11)17)19-10-12-3-5-16-13(8-12)6-7-18-16/h2-9,18-19H,10H2,1H3. The second kappa shape index (κ2) is 5.25. The monoisotopic (exact) mass is 362 g/mol. The zero-order valence-corrected chi connectivity index (χ0v) is 12.9. The molecular formula is C16H15IN2. The van der Waals surface area contributed by atoms with Crippen molar-refractivity contribution >= 4 is 39.2 Å². The number of anilines is 1. The van der Waals surface area contributed by atoms with E-state index in [0.29, 0.717) is 0 Å². The van der Waals surface area contributed by atoms with Crippen molar-refractivity contribution < 1.29 is 0 Å². The lowest BCUT2D eigenvalue weighted by molar-refractivity contribution is 1.15. The van der Waals surface area contributed by atoms with Crippen molar-refractivity contribution in [1.82, 2.24) is 4.98 Å². The molecule has 96 valence electrons. The zero-order chi connectivity index (χ0) is 13.2. The van der Waals surface area contributed by atoms with E-state index in [1.807, 2.05) is 6.20 Å². The summed E-state index contributed by atoms with van der Waals surface area (Å²) in [5.74, 6) is 0. The highest BCUT2D eigenvalue weighted by atomic mass is 127. The molecule has 0 spiro atoms. The minimum Gasteiger partial charge on any atom is -0.381 e. The van der Waals surface area contributed by atoms with Crippen molar-refractivity contribution in [2.45, 2.75) is 13.5 Å². The Morgan fingerprint density at radius 2 is 2.00 bits per heavy atom. The van der Waals surface area contributed by atoms with Crippen LogP contribution in [0.25, 0.3) is 10.9 Å². The number of nitrogens with one attached hydrogen (secondary N) is 2. The summed E-state index contributed by atoms with van der Waals surface area (Å²) in [4.78, 5) is 3.21. The van der Waals surface area contributed by atoms with Crippen molar-refractivity contribution in [3.63, 3.8) is 0 Å². The Morgan fingerprint density at radius 1 is 1.11 bits per heavy atom. The fourth-order valence-corrected chi connectivity index (χ4v) is 2.63. The second-order valence-electron chi connectivity index (χ2n) is 4.72. The van der Waals surface area contributed by atoms with E-state index in [9.17, 15) is 0 Å². The third kappa shape index (κ3) is 2.76. The van der Waals surface area contributed by atoms with Gasteiger partial charge in [0.15, 0.2) is 0 Å². The number of halogens is 1. The first-order chi connectivity index (χ1) is 9.22. The van der Waals surface area contributed by atoms with Crippen LogP contribution in [0.5, 0.6) is 0 Å². The maximum atomic E-state index is 3.47. The van der Waals surface area contributed by atoms with Crippen molar-refractivity contribution in [2.75, 3.05) is 5.32 Å². The molecule has 0 fully saturated rings. The SMILES string of the molecule is Cc1ccc(NCc2ccc3[nH]ccc3c2)cc1I. The Morgan fingerprint density at radius 3 is 2.84 bits per heavy atom. The molecule has 3 aromatic rings. The summed E-state index contributed by atoms with van der Waals surface area (Å²) in [6.07, 6.45) is 1.98. The Labute approximate surface area is 126 Å². The predicted octanol–water partition coefficient (Wildman–Crippen LogP) is 4.69. The molecule has 0 saturated heterocycles. The van der Waals surface area contributed by atoms with Crippen LogP contribution in [-0.4, -0.2) is 4.98 Å². The molecule has 0 unspecified atom stereocenters. The van der Waals surface area contributed by atoms with Crippen LogP contribution < -0.4 is 5.32 Å². The van der Waals surface area contributed by atoms with Gasteiger partial charge in [-0.2, -0.15) is 0 Å². The summed E-state index contributed by atoms with van der Waals surface area (Å²) in [6, 6.07) is 15.1. The molecular weight excluding hydrogens is 347 g/mol. The normalized spacial score (nSPS) is 10.8. The highest BCUT2D eigenvalue weighted by molar-refractivity contribution is 14.1. The Balaban J connectivity index is 1.75. The predicted molar refractivity (Wildman–Crippen MR) is 89.5 cm³/mol. The highest BCUT2D eigenvalue weighted by Crippen LogP contribution is 2.19. The molecule has 0 aliphatic rings. The number of benzene rings is 2. The van der Waals surface area contributed by atoms with Gasteiger partial charge in [0.05, 0.1) is 0 Å². The maximum Gasteiger partial charge on any atom is 0.0454 e. The number of H-pyrrole nitrogens is 1. The lowest BCUT2D eigenvalue weighted by Crippen LogP contribution is -1.99. The van der Waals surface area contributed by atoms with E-state index in [1.165, 1.54) is 31.3 Å². The molecule has 0 amide bonds. The molecule has 19 heavy (non-hydrogen) atoms. The maximum absolute atomic E-state index is 3.47. The zero-order valence-electron chi connectivity index (χ0n) is 10.7. The van der Waals surface area contributed by atoms with Gasteiger partial charge in [0.25, 0.3) is 0 Å². The first kappa shape index (κ1) is 12.5. The number of aryl methyl sites for hydroxylation is 1. The van der Waals surface area contributed by atoms with E-state index >= 15 is 0 Å². The van der Waals surface area contributed by atoms with Crippen LogP contribution in [-0.2, 0) is 6.54 Å². The third-order valence-corrected chi connectivity index (χ3v) is 4.45. The number of rotatable bonds is 3. The molecule has 0 radical (unpaired) electrons. The van der Waals surface area contributed by atoms with Gasteiger partial charge < -0.3 is 10.3 Å². The molecule has 1 aromatic heterocycles. The van der Waals surface area contributed by atoms with Crippen LogP contribution in [0.2, 0.25) is 0 Å². The molecule has 3 rings (SSSR count). The molecule has 0 saturated carbocycles. The van der Waals surface area contributed by atoms with Crippen LogP contribution in [0.15, 0.2) is 48.7 Å². The minimum atomic E-state index is 0.847. The molecule has 0 atom stereocenters. The van der Waals surface area contributed by atoms with Gasteiger partial charge in [0.2, 0.25) is 0 Å². The Kier molecular flexibility index (Phi) is 3.46. The van der Waals surface area contributed by atoms with Crippen LogP contribution in [0.3, 0.4) is 0 Å². The molecule has 0 aliphatic carbocycles. The lowest BCUT2D eigenvalue weighted by atomic mass is 10.1. The van der Waals surface area contributed by atoms with Gasteiger partial charge in [-0.1, -0.05) is 12.1 Å². The fraction of sp³-hybridized carbons (Fsp3) is 0.125. The van der Waals surface area contributed by atoms with E-state index in [4.69, 9.17) is 0 Å². The molecule has 2 N–H and O–H groups in total. The molecule has 2 nitrogen and oxygen atoms in total. The number of hydrogen-bond donors (Lipinski definition) is 2. The van der Waals surface area contributed by atoms with Crippen molar-refractivity contribution in [3.05, 3.63) is 63.4 Å². The van der Waals surface area contributed by atoms with E-state index in [-0.39, 0.29) is 0 Å². The molecule has 3 heteroatoms. The molecule has 2 aromatic carbocycles. The quantitative estimate of drug-likeness (QED) is 0.650. The summed E-state index contributed by atoms with van der Waals surface area (Å²) in [6.45, 7) is 2.98. The summed E-state index contributed by atoms with van der Waals surface area (Å²) < 4.78 is 1.30. The number of aromatic nitrogens is 1. The van der Waals surface area contributed by atoms with Gasteiger partial charge in [0.1, 0.15) is 0 Å². The smallest absolute Gasteiger partial charge is 0.0454 e. The van der Waals surface area contributed by atoms with E-state index in [2.05, 4.69) is 82.3 Å². The van der Waals surface area contributed by atoms with Gasteiger partial charge in [0, 0.05) is 27.5 Å². The van der Waals surface area contributed by atoms with Gasteiger partial charge in [-0.25, -0.2) is 0 Å². The summed E-state index contributed by atoms with van der Waals surface area (Å²) in [5, 5.41) is 4.73. The first-order valence-corrected chi connectivity index (χ1v) is 7.36. The Bertz CT molecular complexity index is 716. The van der Waals surface area contributed by atoms with Gasteiger partial charge >= 0.3 is 0 Å². The van der Waals surface area contributed by atoms with Crippen LogP contribution >= 0.6 is 22.6 Å². The van der Waals surface area contributed by atoms with Gasteiger partial charge in [-0.15, -0.1) is 0 Å². The number of aromatic amines is 1. The summed E-state index contributed by atoms with van der Waals surface area (Å²) >= 11 is 2.37. The van der Waals surface area contributed by atoms with Crippen LogP contribution in [0.4, 0.5) is 5.69 Å². The fourth-order valence-electron chi connectivity index (χ4n) is 2.12. The molecule has 1 heterocycles. The van der Waals surface area contributed by atoms with Crippen molar-refractivity contribution in [2.24, 2.45) is 0 Å². The van der Waals surface area contributed by atoms with E-state index < -0.39 is 0 Å². The summed E-state index contributed by atoms with van der Waals surface area (Å²) in [5.41, 5.74) is 4.97. The van der Waals surface area contributed by atoms with Crippen LogP contribution in [0.1, 0.15) is 11.1 Å². The molecule has 0 bridgehead atoms. The number of fused-ring (bicyclic) bond motifs is 1. The number of hydrogen-bond acceptors (Lipinski definition) is 1. The van der Waals surface area contributed by atoms with Gasteiger partial charge in [-0.05, 0) is 76.4 Å². The lowest BCUT2D eigenvalue weighted by Gasteiger charge is -2.08. The largest absolute Gasteiger partial charge is 0.381 e.